The number of hydrogen-bond acceptors (Lipinski definition) is 3. The molecule has 3 N–H and O–H groups in total. The summed E-state index contributed by atoms with van der Waals surface area (Å²) in [5.41, 5.74) is 4.23. The smallest absolute Gasteiger partial charge is 0.341 e. The van der Waals surface area contributed by atoms with E-state index in [0.29, 0.717) is 24.5 Å². The van der Waals surface area contributed by atoms with E-state index in [1.54, 1.807) is 6.92 Å². The van der Waals surface area contributed by atoms with Crippen molar-refractivity contribution in [3.05, 3.63) is 74.8 Å². The van der Waals surface area contributed by atoms with Crippen molar-refractivity contribution < 1.29 is 23.1 Å². The van der Waals surface area contributed by atoms with Gasteiger partial charge in [0.25, 0.3) is 0 Å². The number of carboxylic acid groups (broad SMARTS) is 1. The average Bonchev–Trinajstić information content (AvgIpc) is 3.34. The van der Waals surface area contributed by atoms with Gasteiger partial charge in [-0.2, -0.15) is 0 Å². The van der Waals surface area contributed by atoms with Gasteiger partial charge in [0.1, 0.15) is 23.0 Å². The van der Waals surface area contributed by atoms with Gasteiger partial charge in [0.15, 0.2) is 0 Å². The Morgan fingerprint density at radius 2 is 1.86 bits per heavy atom. The molecule has 144 valence electrons. The fourth-order valence-electron chi connectivity index (χ4n) is 3.66. The molecule has 5 nitrogen and oxygen atoms in total. The number of carboxylic acids is 1. The molecule has 0 unspecified atom stereocenters. The highest BCUT2D eigenvalue weighted by Crippen LogP contribution is 2.46. The second-order valence-electron chi connectivity index (χ2n) is 7.05. The first-order valence-electron chi connectivity index (χ1n) is 8.50. The van der Waals surface area contributed by atoms with Gasteiger partial charge >= 0.3 is 5.97 Å². The van der Waals surface area contributed by atoms with E-state index >= 15 is 0 Å². The largest absolute Gasteiger partial charge is 0.477 e. The first kappa shape index (κ1) is 18.2. The molecule has 1 saturated carbocycles. The van der Waals surface area contributed by atoms with E-state index in [1.165, 1.54) is 0 Å². The first-order valence-corrected chi connectivity index (χ1v) is 8.50. The zero-order chi connectivity index (χ0) is 20.4. The van der Waals surface area contributed by atoms with Crippen LogP contribution < -0.4 is 11.2 Å². The van der Waals surface area contributed by atoms with Crippen molar-refractivity contribution in [1.29, 1.82) is 0 Å². The topological polar surface area (TPSA) is 85.3 Å². The highest BCUT2D eigenvalue weighted by atomic mass is 19.1. The van der Waals surface area contributed by atoms with Crippen molar-refractivity contribution >= 4 is 16.9 Å². The summed E-state index contributed by atoms with van der Waals surface area (Å²) in [7, 11) is 0. The summed E-state index contributed by atoms with van der Waals surface area (Å²) in [6.45, 7) is 1.55. The van der Waals surface area contributed by atoms with Crippen molar-refractivity contribution in [1.82, 2.24) is 4.57 Å². The summed E-state index contributed by atoms with van der Waals surface area (Å²) in [6.07, 6.45) is 2.07. The molecule has 4 rings (SSSR count). The quantitative estimate of drug-likeness (QED) is 0.721. The third-order valence-electron chi connectivity index (χ3n) is 5.17. The number of nitrogens with two attached hydrogens (primary N) is 1. The van der Waals surface area contributed by atoms with Crippen LogP contribution in [0.4, 0.5) is 13.2 Å². The van der Waals surface area contributed by atoms with Crippen molar-refractivity contribution in [3.63, 3.8) is 0 Å². The van der Waals surface area contributed by atoms with E-state index < -0.39 is 40.0 Å². The Bertz CT molecular complexity index is 1230. The van der Waals surface area contributed by atoms with E-state index in [9.17, 15) is 27.9 Å². The molecular formula is C20H15F3N2O3. The highest BCUT2D eigenvalue weighted by Gasteiger charge is 2.44. The van der Waals surface area contributed by atoms with Crippen LogP contribution >= 0.6 is 0 Å². The molecule has 1 aliphatic carbocycles. The molecule has 8 heteroatoms. The summed E-state index contributed by atoms with van der Waals surface area (Å²) in [4.78, 5) is 24.1. The fraction of sp³-hybridized carbons (Fsp3) is 0.200. The highest BCUT2D eigenvalue weighted by molar-refractivity contribution is 5.94. The predicted octanol–water partition coefficient (Wildman–Crippen LogP) is 3.36. The average molecular weight is 388 g/mol. The number of aromatic nitrogens is 1. The summed E-state index contributed by atoms with van der Waals surface area (Å²) in [5.74, 6) is -4.02. The van der Waals surface area contributed by atoms with Gasteiger partial charge in [0, 0.05) is 23.4 Å². The number of aryl methyl sites for hydroxylation is 1. The van der Waals surface area contributed by atoms with Crippen molar-refractivity contribution in [2.75, 3.05) is 0 Å². The van der Waals surface area contributed by atoms with Crippen LogP contribution in [0.3, 0.4) is 0 Å². The van der Waals surface area contributed by atoms with Crippen LogP contribution in [0.15, 0.2) is 35.3 Å². The molecule has 1 fully saturated rings. The van der Waals surface area contributed by atoms with Crippen LogP contribution in [0.25, 0.3) is 16.6 Å². The minimum atomic E-state index is -1.54. The molecule has 0 aliphatic heterocycles. The second kappa shape index (κ2) is 5.93. The SMILES string of the molecule is Cc1c(C2(N)CC2)c(F)cc2c(=O)c(C(=O)O)cn(-c3ccc(F)cc3F)c12. The van der Waals surface area contributed by atoms with E-state index in [-0.39, 0.29) is 22.2 Å². The van der Waals surface area contributed by atoms with E-state index in [4.69, 9.17) is 5.73 Å². The predicted molar refractivity (Wildman–Crippen MR) is 96.2 cm³/mol. The molecule has 1 aromatic heterocycles. The van der Waals surface area contributed by atoms with Crippen LogP contribution in [0.2, 0.25) is 0 Å². The molecule has 3 aromatic rings. The van der Waals surface area contributed by atoms with Crippen molar-refractivity contribution in [2.24, 2.45) is 5.73 Å². The summed E-state index contributed by atoms with van der Waals surface area (Å²) in [6, 6.07) is 3.72. The lowest BCUT2D eigenvalue weighted by Crippen LogP contribution is -2.25. The Hall–Kier alpha value is -3.13. The maximum Gasteiger partial charge on any atom is 0.341 e. The van der Waals surface area contributed by atoms with Crippen LogP contribution in [-0.4, -0.2) is 15.6 Å². The summed E-state index contributed by atoms with van der Waals surface area (Å²) >= 11 is 0. The lowest BCUT2D eigenvalue weighted by Gasteiger charge is -2.20. The minimum absolute atomic E-state index is 0.133. The van der Waals surface area contributed by atoms with E-state index in [0.717, 1.165) is 29.0 Å². The van der Waals surface area contributed by atoms with Gasteiger partial charge in [0.05, 0.1) is 16.6 Å². The van der Waals surface area contributed by atoms with Gasteiger partial charge in [-0.15, -0.1) is 0 Å². The number of halogens is 3. The van der Waals surface area contributed by atoms with Gasteiger partial charge < -0.3 is 15.4 Å². The molecule has 2 aromatic carbocycles. The maximum atomic E-state index is 14.8. The molecule has 1 aliphatic rings. The molecule has 0 radical (unpaired) electrons. The van der Waals surface area contributed by atoms with Gasteiger partial charge in [-0.1, -0.05) is 0 Å². The minimum Gasteiger partial charge on any atom is -0.477 e. The molecule has 28 heavy (non-hydrogen) atoms. The van der Waals surface area contributed by atoms with Crippen LogP contribution in [-0.2, 0) is 5.54 Å². The molecule has 0 bridgehead atoms. The zero-order valence-electron chi connectivity index (χ0n) is 14.7. The number of hydrogen-bond donors (Lipinski definition) is 2. The molecule has 0 saturated heterocycles. The maximum absolute atomic E-state index is 14.8. The van der Waals surface area contributed by atoms with Crippen LogP contribution in [0, 0.1) is 24.4 Å². The van der Waals surface area contributed by atoms with Gasteiger partial charge in [-0.05, 0) is 43.5 Å². The normalized spacial score (nSPS) is 15.0. The zero-order valence-corrected chi connectivity index (χ0v) is 14.7. The molecule has 1 heterocycles. The number of aromatic carboxylic acids is 1. The van der Waals surface area contributed by atoms with Gasteiger partial charge in [0.2, 0.25) is 5.43 Å². The third kappa shape index (κ3) is 2.60. The number of nitrogens with zero attached hydrogens (tertiary/aromatic N) is 1. The summed E-state index contributed by atoms with van der Waals surface area (Å²) < 4.78 is 43.8. The Morgan fingerprint density at radius 1 is 1.18 bits per heavy atom. The third-order valence-corrected chi connectivity index (χ3v) is 5.17. The number of pyridine rings is 1. The molecular weight excluding hydrogens is 373 g/mol. The molecule has 0 amide bonds. The van der Waals surface area contributed by atoms with Crippen LogP contribution in [0.1, 0.15) is 34.3 Å². The number of benzene rings is 2. The molecule has 0 atom stereocenters. The van der Waals surface area contributed by atoms with Crippen molar-refractivity contribution in [2.45, 2.75) is 25.3 Å². The van der Waals surface area contributed by atoms with Crippen LogP contribution in [0.5, 0.6) is 0 Å². The monoisotopic (exact) mass is 388 g/mol. The number of carbonyl (C=O) groups is 1. The lowest BCUT2D eigenvalue weighted by molar-refractivity contribution is 0.0695. The Labute approximate surface area is 156 Å². The molecule has 0 spiro atoms. The van der Waals surface area contributed by atoms with Crippen molar-refractivity contribution in [3.8, 4) is 5.69 Å². The van der Waals surface area contributed by atoms with Gasteiger partial charge in [-0.3, -0.25) is 4.79 Å². The number of fused-ring (bicyclic) bond motifs is 1. The fourth-order valence-corrected chi connectivity index (χ4v) is 3.66. The Morgan fingerprint density at radius 3 is 2.43 bits per heavy atom. The first-order chi connectivity index (χ1) is 13.1. The lowest BCUT2D eigenvalue weighted by atomic mass is 9.95. The summed E-state index contributed by atoms with van der Waals surface area (Å²) in [5, 5.41) is 9.15. The number of rotatable bonds is 3. The Kier molecular flexibility index (Phi) is 3.87. The standard InChI is InChI=1S/C20H15F3N2O3/c1-9-16(20(24)4-5-20)14(23)7-11-17(9)25(8-12(18(11)26)19(27)28)15-3-2-10(21)6-13(15)22/h2-3,6-8H,4-5,24H2,1H3,(H,27,28). The second-order valence-corrected chi connectivity index (χ2v) is 7.05. The van der Waals surface area contributed by atoms with E-state index in [2.05, 4.69) is 0 Å². The van der Waals surface area contributed by atoms with Gasteiger partial charge in [-0.25, -0.2) is 18.0 Å². The Balaban J connectivity index is 2.20. The van der Waals surface area contributed by atoms with E-state index in [1.807, 2.05) is 0 Å².